The number of hydrogen-bond acceptors (Lipinski definition) is 5. The number of hydrogen-bond donors (Lipinski definition) is 1. The van der Waals surface area contributed by atoms with Crippen molar-refractivity contribution in [2.24, 2.45) is 0 Å². The number of nitrogens with one attached hydrogen (secondary N) is 1. The molecule has 4 heterocycles. The van der Waals surface area contributed by atoms with E-state index in [9.17, 15) is 9.59 Å². The highest BCUT2D eigenvalue weighted by Gasteiger charge is 2.29. The molecule has 1 aromatic heterocycles. The molecule has 9 heteroatoms. The van der Waals surface area contributed by atoms with Crippen molar-refractivity contribution in [3.05, 3.63) is 75.9 Å². The standard InChI is InChI=1S/C30H31Cl2N5O2/c31-25-4-3-5-26(32)24(25)19-37-27-16-22(17-33-29(27)34-18-28(37)38)20-6-8-21(9-7-20)30(39)36-14-10-23(11-15-36)35-12-1-2-13-35/h3-9,16-17,23H,1-2,10-15,18-19H2,(H,33,34). The van der Waals surface area contributed by atoms with Crippen LogP contribution in [0.3, 0.4) is 0 Å². The summed E-state index contributed by atoms with van der Waals surface area (Å²) in [7, 11) is 0. The highest BCUT2D eigenvalue weighted by Crippen LogP contribution is 2.35. The minimum absolute atomic E-state index is 0.0857. The maximum atomic E-state index is 13.2. The molecule has 3 aliphatic rings. The molecule has 39 heavy (non-hydrogen) atoms. The van der Waals surface area contributed by atoms with Crippen LogP contribution in [0.25, 0.3) is 11.1 Å². The molecule has 0 saturated carbocycles. The summed E-state index contributed by atoms with van der Waals surface area (Å²) >= 11 is 12.8. The van der Waals surface area contributed by atoms with Crippen LogP contribution in [0.4, 0.5) is 11.5 Å². The quantitative estimate of drug-likeness (QED) is 0.430. The molecule has 0 spiro atoms. The second-order valence-electron chi connectivity index (χ2n) is 10.5. The second kappa shape index (κ2) is 11.2. The van der Waals surface area contributed by atoms with Gasteiger partial charge in [0.15, 0.2) is 5.82 Å². The number of halogens is 2. The van der Waals surface area contributed by atoms with Gasteiger partial charge in [-0.2, -0.15) is 0 Å². The van der Waals surface area contributed by atoms with Crippen LogP contribution in [0.2, 0.25) is 10.0 Å². The number of likely N-dealkylation sites (tertiary alicyclic amines) is 2. The van der Waals surface area contributed by atoms with Crippen molar-refractivity contribution in [1.82, 2.24) is 14.8 Å². The lowest BCUT2D eigenvalue weighted by atomic mass is 10.0. The Hall–Kier alpha value is -3.13. The number of nitrogens with zero attached hydrogens (tertiary/aromatic N) is 4. The molecule has 0 atom stereocenters. The van der Waals surface area contributed by atoms with Crippen LogP contribution in [-0.4, -0.2) is 65.4 Å². The summed E-state index contributed by atoms with van der Waals surface area (Å²) in [6, 6.07) is 15.5. The van der Waals surface area contributed by atoms with Crippen molar-refractivity contribution in [3.63, 3.8) is 0 Å². The SMILES string of the molecule is O=C(c1ccc(-c2cnc3c(c2)N(Cc2c(Cl)cccc2Cl)C(=O)CN3)cc1)N1CCC(N2CCCC2)CC1. The molecule has 2 saturated heterocycles. The fourth-order valence-corrected chi connectivity index (χ4v) is 6.40. The van der Waals surface area contributed by atoms with E-state index in [1.807, 2.05) is 35.2 Å². The third-order valence-electron chi connectivity index (χ3n) is 8.12. The van der Waals surface area contributed by atoms with Crippen LogP contribution >= 0.6 is 23.2 Å². The van der Waals surface area contributed by atoms with Crippen LogP contribution in [0.5, 0.6) is 0 Å². The number of piperidine rings is 1. The molecule has 0 aliphatic carbocycles. The van der Waals surface area contributed by atoms with Gasteiger partial charge in [0.2, 0.25) is 5.91 Å². The van der Waals surface area contributed by atoms with E-state index in [1.54, 1.807) is 29.3 Å². The predicted molar refractivity (Wildman–Crippen MR) is 156 cm³/mol. The highest BCUT2D eigenvalue weighted by molar-refractivity contribution is 6.36. The van der Waals surface area contributed by atoms with Crippen LogP contribution in [0, 0.1) is 0 Å². The van der Waals surface area contributed by atoms with Crippen molar-refractivity contribution in [1.29, 1.82) is 0 Å². The summed E-state index contributed by atoms with van der Waals surface area (Å²) in [5.41, 5.74) is 3.82. The summed E-state index contributed by atoms with van der Waals surface area (Å²) < 4.78 is 0. The van der Waals surface area contributed by atoms with Gasteiger partial charge in [0, 0.05) is 52.1 Å². The Labute approximate surface area is 238 Å². The van der Waals surface area contributed by atoms with Crippen LogP contribution in [0.1, 0.15) is 41.6 Å². The van der Waals surface area contributed by atoms with Gasteiger partial charge < -0.3 is 20.0 Å². The Morgan fingerprint density at radius 1 is 0.949 bits per heavy atom. The molecule has 3 aromatic rings. The average molecular weight is 565 g/mol. The van der Waals surface area contributed by atoms with Gasteiger partial charge in [0.25, 0.3) is 5.91 Å². The Balaban J connectivity index is 1.18. The maximum absolute atomic E-state index is 13.2. The molecular weight excluding hydrogens is 533 g/mol. The van der Waals surface area contributed by atoms with E-state index in [0.717, 1.165) is 37.1 Å². The summed E-state index contributed by atoms with van der Waals surface area (Å²) in [6.45, 7) is 4.42. The number of amides is 2. The van der Waals surface area contributed by atoms with E-state index in [-0.39, 0.29) is 24.9 Å². The molecule has 2 aromatic carbocycles. The summed E-state index contributed by atoms with van der Waals surface area (Å²) in [5, 5.41) is 4.12. The van der Waals surface area contributed by atoms with Crippen molar-refractivity contribution in [2.45, 2.75) is 38.3 Å². The first-order valence-corrected chi connectivity index (χ1v) is 14.3. The zero-order valence-corrected chi connectivity index (χ0v) is 23.2. The van der Waals surface area contributed by atoms with E-state index in [2.05, 4.69) is 15.2 Å². The first-order valence-electron chi connectivity index (χ1n) is 13.6. The molecule has 7 nitrogen and oxygen atoms in total. The normalized spacial score (nSPS) is 18.3. The molecule has 3 aliphatic heterocycles. The number of fused-ring (bicyclic) bond motifs is 1. The number of pyridine rings is 1. The first-order chi connectivity index (χ1) is 19.0. The summed E-state index contributed by atoms with van der Waals surface area (Å²) in [6.07, 6.45) is 6.47. The van der Waals surface area contributed by atoms with Crippen LogP contribution in [0.15, 0.2) is 54.7 Å². The second-order valence-corrected chi connectivity index (χ2v) is 11.3. The topological polar surface area (TPSA) is 68.8 Å². The number of carbonyl (C=O) groups excluding carboxylic acids is 2. The van der Waals surface area contributed by atoms with Gasteiger partial charge in [0.1, 0.15) is 0 Å². The molecule has 0 radical (unpaired) electrons. The van der Waals surface area contributed by atoms with Gasteiger partial charge in [-0.15, -0.1) is 0 Å². The zero-order valence-electron chi connectivity index (χ0n) is 21.7. The number of aromatic nitrogens is 1. The molecule has 6 rings (SSSR count). The number of carbonyl (C=O) groups is 2. The molecule has 1 N–H and O–H groups in total. The molecule has 202 valence electrons. The maximum Gasteiger partial charge on any atom is 0.253 e. The number of anilines is 2. The van der Waals surface area contributed by atoms with Gasteiger partial charge in [0.05, 0.1) is 18.8 Å². The largest absolute Gasteiger partial charge is 0.359 e. The van der Waals surface area contributed by atoms with Gasteiger partial charge in [-0.25, -0.2) is 4.98 Å². The molecule has 0 unspecified atom stereocenters. The Morgan fingerprint density at radius 3 is 2.33 bits per heavy atom. The van der Waals surface area contributed by atoms with Gasteiger partial charge in [-0.1, -0.05) is 41.4 Å². The third-order valence-corrected chi connectivity index (χ3v) is 8.83. The Morgan fingerprint density at radius 2 is 1.64 bits per heavy atom. The summed E-state index contributed by atoms with van der Waals surface area (Å²) in [5.74, 6) is 0.625. The molecule has 0 bridgehead atoms. The summed E-state index contributed by atoms with van der Waals surface area (Å²) in [4.78, 5) is 36.9. The molecular formula is C30H31Cl2N5O2. The average Bonchev–Trinajstić information content (AvgIpc) is 3.51. The molecule has 2 fully saturated rings. The lowest BCUT2D eigenvalue weighted by molar-refractivity contribution is -0.117. The number of benzene rings is 2. The Kier molecular flexibility index (Phi) is 7.47. The van der Waals surface area contributed by atoms with E-state index < -0.39 is 0 Å². The van der Waals surface area contributed by atoms with Crippen molar-refractivity contribution in [2.75, 3.05) is 42.9 Å². The highest BCUT2D eigenvalue weighted by atomic mass is 35.5. The first kappa shape index (κ1) is 26.1. The van der Waals surface area contributed by atoms with Crippen molar-refractivity contribution < 1.29 is 9.59 Å². The fourth-order valence-electron chi connectivity index (χ4n) is 5.89. The monoisotopic (exact) mass is 563 g/mol. The van der Waals surface area contributed by atoms with Crippen molar-refractivity contribution >= 4 is 46.5 Å². The van der Waals surface area contributed by atoms with Crippen molar-refractivity contribution in [3.8, 4) is 11.1 Å². The van der Waals surface area contributed by atoms with Gasteiger partial charge in [-0.05, 0) is 74.7 Å². The van der Waals surface area contributed by atoms with Gasteiger partial charge >= 0.3 is 0 Å². The smallest absolute Gasteiger partial charge is 0.253 e. The van der Waals surface area contributed by atoms with Crippen LogP contribution < -0.4 is 10.2 Å². The van der Waals surface area contributed by atoms with Crippen LogP contribution in [-0.2, 0) is 11.3 Å². The molecule has 2 amide bonds. The van der Waals surface area contributed by atoms with Gasteiger partial charge in [-0.3, -0.25) is 9.59 Å². The fraction of sp³-hybridized carbons (Fsp3) is 0.367. The lowest BCUT2D eigenvalue weighted by Gasteiger charge is -2.36. The van der Waals surface area contributed by atoms with E-state index in [0.29, 0.717) is 38.7 Å². The third kappa shape index (κ3) is 5.36. The zero-order chi connectivity index (χ0) is 26.9. The minimum atomic E-state index is -0.0908. The lowest BCUT2D eigenvalue weighted by Crippen LogP contribution is -2.45. The van der Waals surface area contributed by atoms with E-state index in [4.69, 9.17) is 23.2 Å². The number of rotatable bonds is 5. The Bertz CT molecular complexity index is 1360. The van der Waals surface area contributed by atoms with E-state index >= 15 is 0 Å². The minimum Gasteiger partial charge on any atom is -0.359 e. The van der Waals surface area contributed by atoms with E-state index in [1.165, 1.54) is 25.9 Å². The predicted octanol–water partition coefficient (Wildman–Crippen LogP) is 5.71.